The minimum Gasteiger partial charge on any atom is -0.463 e. The third-order valence-corrected chi connectivity index (χ3v) is 3.91. The van der Waals surface area contributed by atoms with Gasteiger partial charge in [0, 0.05) is 24.6 Å². The lowest BCUT2D eigenvalue weighted by molar-refractivity contribution is -0.454. The normalized spacial score (nSPS) is 16.6. The van der Waals surface area contributed by atoms with Crippen molar-refractivity contribution in [2.45, 2.75) is 38.1 Å². The number of carbonyl (C=O) groups is 2. The van der Waals surface area contributed by atoms with Gasteiger partial charge in [0.15, 0.2) is 5.54 Å². The third-order valence-electron chi connectivity index (χ3n) is 3.91. The number of nitrogens with one attached hydrogen (secondary N) is 1. The van der Waals surface area contributed by atoms with E-state index in [0.717, 1.165) is 36.9 Å². The summed E-state index contributed by atoms with van der Waals surface area (Å²) in [6, 6.07) is 7.33. The van der Waals surface area contributed by atoms with Gasteiger partial charge in [-0.25, -0.2) is 4.79 Å². The van der Waals surface area contributed by atoms with Crippen LogP contribution in [0.3, 0.4) is 0 Å². The Labute approximate surface area is 130 Å². The van der Waals surface area contributed by atoms with E-state index in [2.05, 4.69) is 11.1 Å². The van der Waals surface area contributed by atoms with Gasteiger partial charge in [-0.05, 0) is 43.5 Å². The first kappa shape index (κ1) is 16.2. The van der Waals surface area contributed by atoms with Gasteiger partial charge >= 0.3 is 5.97 Å². The van der Waals surface area contributed by atoms with E-state index < -0.39 is 5.54 Å². The van der Waals surface area contributed by atoms with Crippen LogP contribution in [0, 0.1) is 0 Å². The summed E-state index contributed by atoms with van der Waals surface area (Å²) in [6.07, 6.45) is 6.89. The molecule has 1 aliphatic rings. The van der Waals surface area contributed by atoms with Gasteiger partial charge in [0.2, 0.25) is 0 Å². The van der Waals surface area contributed by atoms with Crippen LogP contribution in [0.4, 0.5) is 5.69 Å². The molecule has 0 saturated heterocycles. The van der Waals surface area contributed by atoms with Crippen molar-refractivity contribution in [3.63, 3.8) is 0 Å². The summed E-state index contributed by atoms with van der Waals surface area (Å²) in [5.74, 6) is -0.375. The fraction of sp³-hybridized carbons (Fsp3) is 0.412. The standard InChI is InChI=1S/C17H22N2O3/c1-2-22-15(20)10-7-13-5-8-14(9-6-13)19-16(21)17(18)11-3-4-12-17/h5-10H,2-4,11-12,18H2,1H3,(H,19,21)/p+1/b10-7+. The van der Waals surface area contributed by atoms with Gasteiger partial charge in [-0.3, -0.25) is 4.79 Å². The Morgan fingerprint density at radius 1 is 1.27 bits per heavy atom. The molecule has 1 fully saturated rings. The summed E-state index contributed by atoms with van der Waals surface area (Å²) in [5.41, 5.74) is 5.21. The van der Waals surface area contributed by atoms with Crippen LogP contribution in [-0.4, -0.2) is 24.0 Å². The second kappa shape index (κ2) is 7.22. The molecule has 0 radical (unpaired) electrons. The number of anilines is 1. The minimum absolute atomic E-state index is 0.0141. The lowest BCUT2D eigenvalue weighted by Gasteiger charge is -2.18. The number of hydrogen-bond donors (Lipinski definition) is 2. The minimum atomic E-state index is -0.484. The van der Waals surface area contributed by atoms with Crippen molar-refractivity contribution in [1.29, 1.82) is 0 Å². The monoisotopic (exact) mass is 303 g/mol. The molecule has 5 nitrogen and oxygen atoms in total. The average molecular weight is 303 g/mol. The smallest absolute Gasteiger partial charge is 0.330 e. The maximum absolute atomic E-state index is 12.3. The Hall–Kier alpha value is -2.14. The predicted molar refractivity (Wildman–Crippen MR) is 84.8 cm³/mol. The number of amides is 1. The van der Waals surface area contributed by atoms with Crippen molar-refractivity contribution < 1.29 is 20.1 Å². The van der Waals surface area contributed by atoms with Crippen molar-refractivity contribution >= 4 is 23.6 Å². The second-order valence-electron chi connectivity index (χ2n) is 5.65. The molecule has 1 aliphatic carbocycles. The zero-order valence-corrected chi connectivity index (χ0v) is 12.9. The Balaban J connectivity index is 1.94. The van der Waals surface area contributed by atoms with Crippen LogP contribution in [0.25, 0.3) is 6.08 Å². The first-order valence-corrected chi connectivity index (χ1v) is 7.65. The Morgan fingerprint density at radius 3 is 2.50 bits per heavy atom. The van der Waals surface area contributed by atoms with E-state index in [9.17, 15) is 9.59 Å². The number of esters is 1. The maximum Gasteiger partial charge on any atom is 0.330 e. The summed E-state index contributed by atoms with van der Waals surface area (Å²) >= 11 is 0. The number of rotatable bonds is 5. The summed E-state index contributed by atoms with van der Waals surface area (Å²) in [6.45, 7) is 2.13. The van der Waals surface area contributed by atoms with E-state index in [1.54, 1.807) is 13.0 Å². The topological polar surface area (TPSA) is 83.0 Å². The molecule has 0 spiro atoms. The fourth-order valence-corrected chi connectivity index (χ4v) is 2.57. The van der Waals surface area contributed by atoms with Crippen LogP contribution < -0.4 is 11.1 Å². The molecule has 0 aromatic heterocycles. The van der Waals surface area contributed by atoms with Crippen LogP contribution in [0.15, 0.2) is 30.3 Å². The molecule has 1 aromatic rings. The highest BCUT2D eigenvalue weighted by Gasteiger charge is 2.41. The molecule has 0 bridgehead atoms. The highest BCUT2D eigenvalue weighted by atomic mass is 16.5. The summed E-state index contributed by atoms with van der Waals surface area (Å²) in [5, 5.41) is 2.92. The lowest BCUT2D eigenvalue weighted by atomic mass is 9.98. The van der Waals surface area contributed by atoms with E-state index in [1.807, 2.05) is 24.3 Å². The molecule has 0 aliphatic heterocycles. The van der Waals surface area contributed by atoms with E-state index in [-0.39, 0.29) is 11.9 Å². The summed E-state index contributed by atoms with van der Waals surface area (Å²) in [7, 11) is 0. The van der Waals surface area contributed by atoms with Gasteiger partial charge in [0.05, 0.1) is 6.61 Å². The molecule has 0 unspecified atom stereocenters. The lowest BCUT2D eigenvalue weighted by Crippen LogP contribution is -2.76. The van der Waals surface area contributed by atoms with Gasteiger partial charge < -0.3 is 15.8 Å². The summed E-state index contributed by atoms with van der Waals surface area (Å²) in [4.78, 5) is 23.5. The van der Waals surface area contributed by atoms with Crippen LogP contribution in [0.2, 0.25) is 0 Å². The van der Waals surface area contributed by atoms with Crippen molar-refractivity contribution in [2.75, 3.05) is 11.9 Å². The van der Waals surface area contributed by atoms with Gasteiger partial charge in [-0.15, -0.1) is 0 Å². The molecule has 0 atom stereocenters. The first-order chi connectivity index (χ1) is 10.5. The van der Waals surface area contributed by atoms with Gasteiger partial charge in [-0.1, -0.05) is 12.1 Å². The molecule has 4 N–H and O–H groups in total. The van der Waals surface area contributed by atoms with Gasteiger partial charge in [-0.2, -0.15) is 0 Å². The van der Waals surface area contributed by atoms with Crippen molar-refractivity contribution in [3.8, 4) is 0 Å². The third kappa shape index (κ3) is 4.18. The maximum atomic E-state index is 12.3. The van der Waals surface area contributed by atoms with Crippen LogP contribution in [0.5, 0.6) is 0 Å². The number of hydrogen-bond acceptors (Lipinski definition) is 3. The molecule has 22 heavy (non-hydrogen) atoms. The van der Waals surface area contributed by atoms with Crippen molar-refractivity contribution in [1.82, 2.24) is 0 Å². The van der Waals surface area contributed by atoms with Gasteiger partial charge in [0.1, 0.15) is 0 Å². The SMILES string of the molecule is CCOC(=O)/C=C/c1ccc(NC(=O)C2([NH3+])CCCC2)cc1. The highest BCUT2D eigenvalue weighted by molar-refractivity contribution is 5.97. The van der Waals surface area contributed by atoms with Crippen LogP contribution >= 0.6 is 0 Å². The van der Waals surface area contributed by atoms with Gasteiger partial charge in [0.25, 0.3) is 5.91 Å². The van der Waals surface area contributed by atoms with Crippen molar-refractivity contribution in [2.24, 2.45) is 0 Å². The zero-order chi connectivity index (χ0) is 16.0. The number of benzene rings is 1. The average Bonchev–Trinajstić information content (AvgIpc) is 2.95. The van der Waals surface area contributed by atoms with Crippen LogP contribution in [-0.2, 0) is 14.3 Å². The number of quaternary nitrogens is 1. The Kier molecular flexibility index (Phi) is 5.33. The largest absolute Gasteiger partial charge is 0.463 e. The van der Waals surface area contributed by atoms with E-state index >= 15 is 0 Å². The molecule has 0 heterocycles. The molecule has 2 rings (SSSR count). The molecule has 1 amide bonds. The quantitative estimate of drug-likeness (QED) is 0.642. The zero-order valence-electron chi connectivity index (χ0n) is 12.9. The Bertz CT molecular complexity index is 558. The first-order valence-electron chi connectivity index (χ1n) is 7.65. The number of carbonyl (C=O) groups excluding carboxylic acids is 2. The number of ether oxygens (including phenoxy) is 1. The van der Waals surface area contributed by atoms with E-state index in [4.69, 9.17) is 4.74 Å². The van der Waals surface area contributed by atoms with E-state index in [0.29, 0.717) is 6.61 Å². The van der Waals surface area contributed by atoms with Crippen LogP contribution in [0.1, 0.15) is 38.2 Å². The molecule has 1 aromatic carbocycles. The fourth-order valence-electron chi connectivity index (χ4n) is 2.57. The molecule has 118 valence electrons. The van der Waals surface area contributed by atoms with Crippen molar-refractivity contribution in [3.05, 3.63) is 35.9 Å². The predicted octanol–water partition coefficient (Wildman–Crippen LogP) is 1.76. The summed E-state index contributed by atoms with van der Waals surface area (Å²) < 4.78 is 4.82. The molecule has 5 heteroatoms. The van der Waals surface area contributed by atoms with E-state index in [1.165, 1.54) is 6.08 Å². The highest BCUT2D eigenvalue weighted by Crippen LogP contribution is 2.26. The Morgan fingerprint density at radius 2 is 1.91 bits per heavy atom. The molecule has 1 saturated carbocycles. The molecular formula is C17H23N2O3+. The molecular weight excluding hydrogens is 280 g/mol. The second-order valence-corrected chi connectivity index (χ2v) is 5.65.